The highest BCUT2D eigenvalue weighted by Crippen LogP contribution is 2.48. The van der Waals surface area contributed by atoms with Gasteiger partial charge >= 0.3 is 0 Å². The van der Waals surface area contributed by atoms with Gasteiger partial charge in [-0.15, -0.1) is 0 Å². The smallest absolute Gasteiger partial charge is 0.0547 e. The van der Waals surface area contributed by atoms with Gasteiger partial charge in [-0.1, -0.05) is 194 Å². The van der Waals surface area contributed by atoms with Crippen molar-refractivity contribution in [2.24, 2.45) is 0 Å². The second-order valence-electron chi connectivity index (χ2n) is 15.2. The molecular weight excluding hydrogens is 725 g/mol. The Balaban J connectivity index is 1.14. The Bertz CT molecular complexity index is 3320. The van der Waals surface area contributed by atoms with Gasteiger partial charge in [-0.25, -0.2) is 0 Å². The third-order valence-electron chi connectivity index (χ3n) is 11.8. The number of benzene rings is 10. The first kappa shape index (κ1) is 35.2. The van der Waals surface area contributed by atoms with Crippen LogP contribution in [0.1, 0.15) is 0 Å². The van der Waals surface area contributed by atoms with Gasteiger partial charge in [-0.05, 0) is 92.9 Å². The summed E-state index contributed by atoms with van der Waals surface area (Å²) < 4.78 is 2.39. The number of hydrogen-bond donors (Lipinski definition) is 0. The maximum absolute atomic E-state index is 2.47. The average Bonchev–Trinajstić information content (AvgIpc) is 3.67. The highest BCUT2D eigenvalue weighted by atomic mass is 15.1. The van der Waals surface area contributed by atoms with Gasteiger partial charge in [-0.2, -0.15) is 0 Å². The summed E-state index contributed by atoms with van der Waals surface area (Å²) in [5.74, 6) is 0. The highest BCUT2D eigenvalue weighted by molar-refractivity contribution is 6.16. The third kappa shape index (κ3) is 6.06. The van der Waals surface area contributed by atoms with Gasteiger partial charge in [0.15, 0.2) is 0 Å². The van der Waals surface area contributed by atoms with Crippen molar-refractivity contribution in [1.82, 2.24) is 4.57 Å². The zero-order valence-corrected chi connectivity index (χ0v) is 33.0. The van der Waals surface area contributed by atoms with Gasteiger partial charge in [-0.3, -0.25) is 0 Å². The molecule has 0 radical (unpaired) electrons. The van der Waals surface area contributed by atoms with E-state index in [4.69, 9.17) is 0 Å². The van der Waals surface area contributed by atoms with Crippen molar-refractivity contribution in [2.45, 2.75) is 0 Å². The Labute approximate surface area is 350 Å². The molecule has 0 bridgehead atoms. The lowest BCUT2D eigenvalue weighted by molar-refractivity contribution is 1.18. The Hall–Kier alpha value is -7.94. The number of nitrogens with zero attached hydrogens (tertiary/aromatic N) is 2. The van der Waals surface area contributed by atoms with E-state index in [1.54, 1.807) is 0 Å². The Morgan fingerprint density at radius 2 is 0.800 bits per heavy atom. The van der Waals surface area contributed by atoms with Crippen LogP contribution in [-0.4, -0.2) is 4.57 Å². The van der Waals surface area contributed by atoms with Crippen LogP contribution in [0.15, 0.2) is 243 Å². The van der Waals surface area contributed by atoms with Crippen molar-refractivity contribution in [3.63, 3.8) is 0 Å². The number of fused-ring (bicyclic) bond motifs is 4. The average molecular weight is 765 g/mol. The Morgan fingerprint density at radius 3 is 1.60 bits per heavy atom. The molecule has 0 aliphatic carbocycles. The SMILES string of the molecule is c1ccc(-c2ccccc2-c2ccccc2-c2ccccc2N(c2cccc(-c3cccc4c3c3ccccc3n4-c3ccccc3)c2)c2cccc3ccccc23)cc1. The first-order valence-corrected chi connectivity index (χ1v) is 20.6. The number of hydrogen-bond acceptors (Lipinski definition) is 1. The molecule has 0 atom stereocenters. The van der Waals surface area contributed by atoms with Crippen LogP contribution in [0.5, 0.6) is 0 Å². The minimum absolute atomic E-state index is 1.09. The monoisotopic (exact) mass is 764 g/mol. The van der Waals surface area contributed by atoms with Gasteiger partial charge < -0.3 is 9.47 Å². The molecule has 0 saturated heterocycles. The van der Waals surface area contributed by atoms with Crippen molar-refractivity contribution in [2.75, 3.05) is 4.90 Å². The fourth-order valence-corrected chi connectivity index (χ4v) is 9.18. The van der Waals surface area contributed by atoms with Gasteiger partial charge in [0.25, 0.3) is 0 Å². The molecule has 1 aromatic heterocycles. The van der Waals surface area contributed by atoms with E-state index in [-0.39, 0.29) is 0 Å². The Kier molecular flexibility index (Phi) is 8.87. The van der Waals surface area contributed by atoms with Crippen LogP contribution < -0.4 is 4.90 Å². The van der Waals surface area contributed by atoms with E-state index in [2.05, 4.69) is 252 Å². The molecule has 11 rings (SSSR count). The lowest BCUT2D eigenvalue weighted by atomic mass is 9.88. The third-order valence-corrected chi connectivity index (χ3v) is 11.8. The Morgan fingerprint density at radius 1 is 0.300 bits per heavy atom. The normalized spacial score (nSPS) is 11.3. The van der Waals surface area contributed by atoms with E-state index in [9.17, 15) is 0 Å². The van der Waals surface area contributed by atoms with E-state index in [1.807, 2.05) is 0 Å². The molecule has 282 valence electrons. The van der Waals surface area contributed by atoms with Crippen molar-refractivity contribution in [3.8, 4) is 50.2 Å². The molecule has 0 N–H and O–H groups in total. The number of rotatable bonds is 8. The summed E-state index contributed by atoms with van der Waals surface area (Å²) in [6.07, 6.45) is 0. The summed E-state index contributed by atoms with van der Waals surface area (Å²) in [6.45, 7) is 0. The van der Waals surface area contributed by atoms with Crippen LogP contribution in [0.25, 0.3) is 82.8 Å². The summed E-state index contributed by atoms with van der Waals surface area (Å²) in [6, 6.07) is 87.9. The largest absolute Gasteiger partial charge is 0.309 e. The standard InChI is InChI=1S/C58H40N2/c1-3-20-41(21-4-1)46-28-9-10-30-49(46)50-31-11-12-32-51(50)52-33-13-15-36-55(52)60(54-38-18-23-42-22-7-8-29-47(42)54)45-27-17-24-43(40-45)48-35-19-39-57-58(48)53-34-14-16-37-56(53)59(57)44-25-5-2-6-26-44/h1-40H. The summed E-state index contributed by atoms with van der Waals surface area (Å²) in [5, 5.41) is 4.87. The molecule has 0 amide bonds. The van der Waals surface area contributed by atoms with Crippen molar-refractivity contribution >= 4 is 49.6 Å². The van der Waals surface area contributed by atoms with Crippen LogP contribution in [0.4, 0.5) is 17.1 Å². The summed E-state index contributed by atoms with van der Waals surface area (Å²) in [4.78, 5) is 2.47. The van der Waals surface area contributed by atoms with Crippen molar-refractivity contribution in [3.05, 3.63) is 243 Å². The summed E-state index contributed by atoms with van der Waals surface area (Å²) >= 11 is 0. The zero-order chi connectivity index (χ0) is 39.8. The molecule has 2 nitrogen and oxygen atoms in total. The first-order valence-electron chi connectivity index (χ1n) is 20.6. The van der Waals surface area contributed by atoms with Gasteiger partial charge in [0, 0.05) is 33.1 Å². The predicted octanol–water partition coefficient (Wildman–Crippen LogP) is 16.1. The molecule has 10 aromatic carbocycles. The molecule has 0 spiro atoms. The first-order chi connectivity index (χ1) is 29.8. The van der Waals surface area contributed by atoms with E-state index >= 15 is 0 Å². The molecule has 60 heavy (non-hydrogen) atoms. The van der Waals surface area contributed by atoms with Crippen molar-refractivity contribution < 1.29 is 0 Å². The van der Waals surface area contributed by atoms with Gasteiger partial charge in [0.1, 0.15) is 0 Å². The maximum Gasteiger partial charge on any atom is 0.0547 e. The lowest BCUT2D eigenvalue weighted by Crippen LogP contribution is -2.12. The van der Waals surface area contributed by atoms with Crippen molar-refractivity contribution in [1.29, 1.82) is 0 Å². The van der Waals surface area contributed by atoms with E-state index < -0.39 is 0 Å². The topological polar surface area (TPSA) is 8.17 Å². The van der Waals surface area contributed by atoms with E-state index in [0.717, 1.165) is 33.9 Å². The van der Waals surface area contributed by atoms with Crippen LogP contribution >= 0.6 is 0 Å². The van der Waals surface area contributed by atoms with Crippen LogP contribution in [0.3, 0.4) is 0 Å². The van der Waals surface area contributed by atoms with Crippen LogP contribution in [-0.2, 0) is 0 Å². The quantitative estimate of drug-likeness (QED) is 0.150. The highest BCUT2D eigenvalue weighted by Gasteiger charge is 2.23. The van der Waals surface area contributed by atoms with E-state index in [1.165, 1.54) is 66.0 Å². The van der Waals surface area contributed by atoms with Gasteiger partial charge in [0.05, 0.1) is 22.4 Å². The zero-order valence-electron chi connectivity index (χ0n) is 33.0. The molecular formula is C58H40N2. The molecule has 0 saturated carbocycles. The molecule has 1 heterocycles. The van der Waals surface area contributed by atoms with Crippen LogP contribution in [0.2, 0.25) is 0 Å². The predicted molar refractivity (Wildman–Crippen MR) is 255 cm³/mol. The molecule has 0 aliphatic heterocycles. The molecule has 0 fully saturated rings. The van der Waals surface area contributed by atoms with Crippen LogP contribution in [0, 0.1) is 0 Å². The fraction of sp³-hybridized carbons (Fsp3) is 0. The second kappa shape index (κ2) is 15.1. The molecule has 0 unspecified atom stereocenters. The molecule has 2 heteroatoms. The lowest BCUT2D eigenvalue weighted by Gasteiger charge is -2.30. The van der Waals surface area contributed by atoms with Gasteiger partial charge in [0.2, 0.25) is 0 Å². The minimum Gasteiger partial charge on any atom is -0.309 e. The minimum atomic E-state index is 1.09. The maximum atomic E-state index is 2.47. The molecule has 0 aliphatic rings. The molecule has 11 aromatic rings. The second-order valence-corrected chi connectivity index (χ2v) is 15.2. The van der Waals surface area contributed by atoms with E-state index in [0.29, 0.717) is 0 Å². The number of aromatic nitrogens is 1. The number of anilines is 3. The summed E-state index contributed by atoms with van der Waals surface area (Å²) in [5.41, 5.74) is 16.4. The fourth-order valence-electron chi connectivity index (χ4n) is 9.18. The summed E-state index contributed by atoms with van der Waals surface area (Å²) in [7, 11) is 0. The number of para-hydroxylation sites is 3.